The summed E-state index contributed by atoms with van der Waals surface area (Å²) < 4.78 is 31.4. The number of hydrogen-bond acceptors (Lipinski definition) is 6. The molecule has 0 aliphatic carbocycles. The summed E-state index contributed by atoms with van der Waals surface area (Å²) in [4.78, 5) is 4.60. The van der Waals surface area contributed by atoms with Crippen LogP contribution in [0, 0.1) is 0 Å². The number of ether oxygens (including phenoxy) is 5. The Kier molecular flexibility index (Phi) is 5.58. The molecule has 8 heteroatoms. The van der Waals surface area contributed by atoms with Gasteiger partial charge < -0.3 is 28.3 Å². The van der Waals surface area contributed by atoms with Gasteiger partial charge in [0.05, 0.1) is 33.1 Å². The van der Waals surface area contributed by atoms with E-state index < -0.39 is 6.10 Å². The number of rotatable bonds is 5. The standard InChI is InChI=1S/C23H23ClN2O5/c1-27-18-5-3-4-15(22(18)28-2)21-16-12-14(24)6-7-17(16)26-9-8-25-23(26)19(31-21)13-20-29-10-11-30-20/h3-9,12,19-21H,10-11,13H2,1-2H3/t19-,21-/m1/s1. The highest BCUT2D eigenvalue weighted by Crippen LogP contribution is 2.46. The van der Waals surface area contributed by atoms with Crippen LogP contribution in [-0.2, 0) is 14.2 Å². The summed E-state index contributed by atoms with van der Waals surface area (Å²) in [5.41, 5.74) is 2.70. The number of imidazole rings is 1. The fourth-order valence-electron chi connectivity index (χ4n) is 4.25. The highest BCUT2D eigenvalue weighted by Gasteiger charge is 2.35. The van der Waals surface area contributed by atoms with Crippen molar-refractivity contribution in [3.63, 3.8) is 0 Å². The topological polar surface area (TPSA) is 64.0 Å². The van der Waals surface area contributed by atoms with Crippen molar-refractivity contribution in [2.24, 2.45) is 0 Å². The van der Waals surface area contributed by atoms with E-state index in [1.165, 1.54) is 0 Å². The van der Waals surface area contributed by atoms with Crippen molar-refractivity contribution in [2.75, 3.05) is 27.4 Å². The molecule has 2 aromatic carbocycles. The first kappa shape index (κ1) is 20.3. The van der Waals surface area contributed by atoms with Crippen LogP contribution in [0.25, 0.3) is 5.69 Å². The maximum atomic E-state index is 6.73. The molecular formula is C23H23ClN2O5. The van der Waals surface area contributed by atoms with Crippen LogP contribution in [0.1, 0.15) is 35.6 Å². The molecule has 1 aromatic heterocycles. The molecule has 0 N–H and O–H groups in total. The maximum absolute atomic E-state index is 6.73. The first-order chi connectivity index (χ1) is 15.2. The smallest absolute Gasteiger partial charge is 0.166 e. The van der Waals surface area contributed by atoms with E-state index in [1.54, 1.807) is 20.4 Å². The molecule has 0 radical (unpaired) electrons. The van der Waals surface area contributed by atoms with Crippen LogP contribution in [-0.4, -0.2) is 43.3 Å². The van der Waals surface area contributed by atoms with Gasteiger partial charge in [-0.1, -0.05) is 23.7 Å². The van der Waals surface area contributed by atoms with Gasteiger partial charge in [0.2, 0.25) is 0 Å². The summed E-state index contributed by atoms with van der Waals surface area (Å²) >= 11 is 6.41. The Balaban J connectivity index is 1.67. The third-order valence-corrected chi connectivity index (χ3v) is 5.84. The van der Waals surface area contributed by atoms with Crippen LogP contribution in [0.2, 0.25) is 5.02 Å². The van der Waals surface area contributed by atoms with Crippen LogP contribution >= 0.6 is 11.6 Å². The SMILES string of the molecule is COc1cccc([C@H]2O[C@H](CC3OCCO3)c3nccn3-c3ccc(Cl)cc32)c1OC. The van der Waals surface area contributed by atoms with Crippen LogP contribution < -0.4 is 9.47 Å². The Labute approximate surface area is 185 Å². The lowest BCUT2D eigenvalue weighted by Crippen LogP contribution is -2.19. The third kappa shape index (κ3) is 3.68. The zero-order valence-electron chi connectivity index (χ0n) is 17.3. The number of halogens is 1. The lowest BCUT2D eigenvalue weighted by Gasteiger charge is -2.26. The largest absolute Gasteiger partial charge is 0.493 e. The summed E-state index contributed by atoms with van der Waals surface area (Å²) in [5.74, 6) is 2.03. The lowest BCUT2D eigenvalue weighted by molar-refractivity contribution is -0.0969. The van der Waals surface area contributed by atoms with E-state index in [1.807, 2.05) is 47.2 Å². The van der Waals surface area contributed by atoms with E-state index in [0.29, 0.717) is 36.2 Å². The first-order valence-electron chi connectivity index (χ1n) is 10.1. The van der Waals surface area contributed by atoms with Gasteiger partial charge in [-0.2, -0.15) is 0 Å². The maximum Gasteiger partial charge on any atom is 0.166 e. The summed E-state index contributed by atoms with van der Waals surface area (Å²) in [5, 5.41) is 0.622. The lowest BCUT2D eigenvalue weighted by atomic mass is 9.98. The van der Waals surface area contributed by atoms with Gasteiger partial charge in [-0.05, 0) is 24.3 Å². The average Bonchev–Trinajstić information content (AvgIpc) is 3.46. The highest BCUT2D eigenvalue weighted by atomic mass is 35.5. The molecule has 1 saturated heterocycles. The van der Waals surface area contributed by atoms with Crippen molar-refractivity contribution in [3.8, 4) is 17.2 Å². The Morgan fingerprint density at radius 3 is 2.71 bits per heavy atom. The zero-order valence-corrected chi connectivity index (χ0v) is 18.0. The molecule has 162 valence electrons. The number of methoxy groups -OCH3 is 2. The molecule has 5 rings (SSSR count). The minimum atomic E-state index is -0.466. The van der Waals surface area contributed by atoms with Crippen LogP contribution in [0.5, 0.6) is 11.5 Å². The summed E-state index contributed by atoms with van der Waals surface area (Å²) in [6, 6.07) is 11.5. The van der Waals surface area contributed by atoms with E-state index in [0.717, 1.165) is 22.6 Å². The van der Waals surface area contributed by atoms with Gasteiger partial charge in [-0.25, -0.2) is 4.98 Å². The zero-order chi connectivity index (χ0) is 21.4. The molecule has 3 heterocycles. The average molecular weight is 443 g/mol. The first-order valence-corrected chi connectivity index (χ1v) is 10.5. The number of nitrogens with zero attached hydrogens (tertiary/aromatic N) is 2. The molecule has 1 fully saturated rings. The van der Waals surface area contributed by atoms with Gasteiger partial charge in [0.25, 0.3) is 0 Å². The predicted octanol–water partition coefficient (Wildman–Crippen LogP) is 4.47. The van der Waals surface area contributed by atoms with Crippen molar-refractivity contribution in [1.82, 2.24) is 9.55 Å². The van der Waals surface area contributed by atoms with E-state index in [2.05, 4.69) is 4.98 Å². The molecule has 3 aromatic rings. The second-order valence-corrected chi connectivity index (χ2v) is 7.79. The van der Waals surface area contributed by atoms with Gasteiger partial charge in [0.15, 0.2) is 17.8 Å². The molecular weight excluding hydrogens is 420 g/mol. The highest BCUT2D eigenvalue weighted by molar-refractivity contribution is 6.30. The van der Waals surface area contributed by atoms with Gasteiger partial charge in [-0.3, -0.25) is 0 Å². The molecule has 0 bridgehead atoms. The molecule has 31 heavy (non-hydrogen) atoms. The Bertz CT molecular complexity index is 1080. The third-order valence-electron chi connectivity index (χ3n) is 5.60. The predicted molar refractivity (Wildman–Crippen MR) is 114 cm³/mol. The summed E-state index contributed by atoms with van der Waals surface area (Å²) in [7, 11) is 3.24. The van der Waals surface area contributed by atoms with Crippen molar-refractivity contribution >= 4 is 11.6 Å². The molecule has 0 amide bonds. The quantitative estimate of drug-likeness (QED) is 0.581. The van der Waals surface area contributed by atoms with Crippen molar-refractivity contribution in [3.05, 3.63) is 70.8 Å². The van der Waals surface area contributed by atoms with Crippen molar-refractivity contribution in [2.45, 2.75) is 24.9 Å². The van der Waals surface area contributed by atoms with Gasteiger partial charge in [0.1, 0.15) is 18.0 Å². The van der Waals surface area contributed by atoms with E-state index in [4.69, 9.17) is 35.3 Å². The minimum Gasteiger partial charge on any atom is -0.493 e. The molecule has 0 spiro atoms. The fraction of sp³-hybridized carbons (Fsp3) is 0.348. The van der Waals surface area contributed by atoms with Crippen LogP contribution in [0.15, 0.2) is 48.8 Å². The molecule has 7 nitrogen and oxygen atoms in total. The normalized spacial score (nSPS) is 20.7. The fourth-order valence-corrected chi connectivity index (χ4v) is 4.43. The van der Waals surface area contributed by atoms with Crippen LogP contribution in [0.4, 0.5) is 0 Å². The monoisotopic (exact) mass is 442 g/mol. The van der Waals surface area contributed by atoms with Crippen molar-refractivity contribution < 1.29 is 23.7 Å². The van der Waals surface area contributed by atoms with E-state index in [9.17, 15) is 0 Å². The number of hydrogen-bond donors (Lipinski definition) is 0. The van der Waals surface area contributed by atoms with Gasteiger partial charge in [-0.15, -0.1) is 0 Å². The second kappa shape index (κ2) is 8.51. The van der Waals surface area contributed by atoms with E-state index >= 15 is 0 Å². The minimum absolute atomic E-state index is 0.340. The molecule has 0 saturated carbocycles. The molecule has 2 atom stereocenters. The number of aromatic nitrogens is 2. The summed E-state index contributed by atoms with van der Waals surface area (Å²) in [6.07, 6.45) is 3.04. The second-order valence-electron chi connectivity index (χ2n) is 7.35. The van der Waals surface area contributed by atoms with Gasteiger partial charge >= 0.3 is 0 Å². The number of fused-ring (bicyclic) bond motifs is 3. The molecule has 2 aliphatic heterocycles. The Morgan fingerprint density at radius 1 is 1.10 bits per heavy atom. The molecule has 0 unspecified atom stereocenters. The molecule has 2 aliphatic rings. The summed E-state index contributed by atoms with van der Waals surface area (Å²) in [6.45, 7) is 1.16. The Morgan fingerprint density at radius 2 is 1.94 bits per heavy atom. The Hall–Kier alpha value is -2.58. The number of benzene rings is 2. The number of para-hydroxylation sites is 1. The van der Waals surface area contributed by atoms with Crippen LogP contribution in [0.3, 0.4) is 0 Å². The van der Waals surface area contributed by atoms with E-state index in [-0.39, 0.29) is 12.4 Å². The van der Waals surface area contributed by atoms with Gasteiger partial charge in [0, 0.05) is 35.0 Å². The van der Waals surface area contributed by atoms with Crippen molar-refractivity contribution in [1.29, 1.82) is 0 Å².